The van der Waals surface area contributed by atoms with Gasteiger partial charge in [-0.05, 0) is 64.0 Å². The van der Waals surface area contributed by atoms with Crippen LogP contribution in [0.5, 0.6) is 5.75 Å². The molecule has 1 aromatic carbocycles. The SMILES string of the molecule is CCCCOc1c(C)c(CO[C@H]2CC[C@H](NC(=O)C3CCOCC3)CC2)nc2ccccc12. The Labute approximate surface area is 197 Å². The summed E-state index contributed by atoms with van der Waals surface area (Å²) in [5.41, 5.74) is 2.98. The molecule has 6 heteroatoms. The third-order valence-corrected chi connectivity index (χ3v) is 6.99. The van der Waals surface area contributed by atoms with Crippen LogP contribution in [0, 0.1) is 12.8 Å². The monoisotopic (exact) mass is 454 g/mol. The lowest BCUT2D eigenvalue weighted by Crippen LogP contribution is -2.43. The maximum Gasteiger partial charge on any atom is 0.223 e. The average Bonchev–Trinajstić information content (AvgIpc) is 2.86. The number of hydrogen-bond donors (Lipinski definition) is 1. The van der Waals surface area contributed by atoms with Crippen molar-refractivity contribution in [2.45, 2.75) is 84.0 Å². The lowest BCUT2D eigenvalue weighted by atomic mass is 9.91. The van der Waals surface area contributed by atoms with Crippen LogP contribution >= 0.6 is 0 Å². The summed E-state index contributed by atoms with van der Waals surface area (Å²) < 4.78 is 17.9. The molecular weight excluding hydrogens is 416 g/mol. The van der Waals surface area contributed by atoms with E-state index < -0.39 is 0 Å². The van der Waals surface area contributed by atoms with Gasteiger partial charge in [0.25, 0.3) is 0 Å². The Morgan fingerprint density at radius 2 is 1.88 bits per heavy atom. The van der Waals surface area contributed by atoms with E-state index >= 15 is 0 Å². The molecule has 1 saturated heterocycles. The highest BCUT2D eigenvalue weighted by Crippen LogP contribution is 2.32. The maximum atomic E-state index is 12.5. The Kier molecular flexibility index (Phi) is 8.57. The number of ether oxygens (including phenoxy) is 3. The third kappa shape index (κ3) is 6.24. The number of rotatable bonds is 9. The molecule has 0 unspecified atom stereocenters. The number of carbonyl (C=O) groups excluding carboxylic acids is 1. The minimum atomic E-state index is 0.114. The molecule has 0 bridgehead atoms. The zero-order valence-electron chi connectivity index (χ0n) is 20.1. The largest absolute Gasteiger partial charge is 0.493 e. The second-order valence-electron chi connectivity index (χ2n) is 9.41. The van der Waals surface area contributed by atoms with E-state index in [1.807, 2.05) is 18.2 Å². The number of pyridine rings is 1. The second kappa shape index (κ2) is 11.8. The maximum absolute atomic E-state index is 12.5. The second-order valence-corrected chi connectivity index (χ2v) is 9.41. The molecule has 2 heterocycles. The van der Waals surface area contributed by atoms with Crippen molar-refractivity contribution in [3.8, 4) is 5.75 Å². The van der Waals surface area contributed by atoms with Crippen molar-refractivity contribution in [2.24, 2.45) is 5.92 Å². The number of benzene rings is 1. The molecule has 2 aromatic rings. The standard InChI is InChI=1S/C27H38N2O4/c1-3-4-15-32-26-19(2)25(29-24-8-6-5-7-23(24)26)18-33-22-11-9-21(10-12-22)28-27(30)20-13-16-31-17-14-20/h5-8,20-22H,3-4,9-18H2,1-2H3,(H,28,30)/t21-,22-. The van der Waals surface area contributed by atoms with Crippen LogP contribution < -0.4 is 10.1 Å². The molecule has 1 aromatic heterocycles. The first-order valence-corrected chi connectivity index (χ1v) is 12.7. The highest BCUT2D eigenvalue weighted by Gasteiger charge is 2.27. The lowest BCUT2D eigenvalue weighted by Gasteiger charge is -2.31. The Morgan fingerprint density at radius 3 is 2.64 bits per heavy atom. The van der Waals surface area contributed by atoms with Crippen LogP contribution in [0.2, 0.25) is 0 Å². The summed E-state index contributed by atoms with van der Waals surface area (Å²) in [6, 6.07) is 8.43. The summed E-state index contributed by atoms with van der Waals surface area (Å²) in [6.45, 7) is 6.87. The van der Waals surface area contributed by atoms with E-state index in [0.717, 1.165) is 85.9 Å². The molecule has 0 radical (unpaired) electrons. The predicted molar refractivity (Wildman–Crippen MR) is 129 cm³/mol. The number of para-hydroxylation sites is 1. The van der Waals surface area contributed by atoms with Crippen LogP contribution in [0.25, 0.3) is 10.9 Å². The van der Waals surface area contributed by atoms with E-state index in [4.69, 9.17) is 19.2 Å². The van der Waals surface area contributed by atoms with Crippen LogP contribution in [0.4, 0.5) is 0 Å². The number of nitrogens with zero attached hydrogens (tertiary/aromatic N) is 1. The molecule has 1 N–H and O–H groups in total. The zero-order chi connectivity index (χ0) is 23.0. The van der Waals surface area contributed by atoms with E-state index in [1.54, 1.807) is 0 Å². The topological polar surface area (TPSA) is 69.7 Å². The van der Waals surface area contributed by atoms with Gasteiger partial charge in [0, 0.05) is 36.1 Å². The summed E-state index contributed by atoms with van der Waals surface area (Å²) in [4.78, 5) is 17.4. The van der Waals surface area contributed by atoms with Gasteiger partial charge >= 0.3 is 0 Å². The smallest absolute Gasteiger partial charge is 0.223 e. The van der Waals surface area contributed by atoms with Crippen LogP contribution in [0.1, 0.15) is 69.5 Å². The first-order chi connectivity index (χ1) is 16.2. The highest BCUT2D eigenvalue weighted by atomic mass is 16.5. The van der Waals surface area contributed by atoms with Crippen molar-refractivity contribution in [3.63, 3.8) is 0 Å². The molecule has 2 aliphatic rings. The molecule has 33 heavy (non-hydrogen) atoms. The Bertz CT molecular complexity index is 918. The predicted octanol–water partition coefficient (Wildman–Crippen LogP) is 5.09. The van der Waals surface area contributed by atoms with E-state index in [1.165, 1.54) is 0 Å². The minimum absolute atomic E-state index is 0.114. The number of unbranched alkanes of at least 4 members (excludes halogenated alkanes) is 1. The van der Waals surface area contributed by atoms with Crippen LogP contribution in [-0.4, -0.2) is 42.9 Å². The molecule has 1 aliphatic heterocycles. The number of aromatic nitrogens is 1. The van der Waals surface area contributed by atoms with E-state index in [2.05, 4.69) is 25.2 Å². The highest BCUT2D eigenvalue weighted by molar-refractivity contribution is 5.86. The van der Waals surface area contributed by atoms with Crippen LogP contribution in [0.3, 0.4) is 0 Å². The average molecular weight is 455 g/mol. The van der Waals surface area contributed by atoms with E-state index in [-0.39, 0.29) is 24.0 Å². The first kappa shape index (κ1) is 24.0. The van der Waals surface area contributed by atoms with Gasteiger partial charge in [-0.15, -0.1) is 0 Å². The van der Waals surface area contributed by atoms with Crippen molar-refractivity contribution >= 4 is 16.8 Å². The molecule has 1 saturated carbocycles. The number of hydrogen-bond acceptors (Lipinski definition) is 5. The van der Waals surface area contributed by atoms with Gasteiger partial charge in [-0.3, -0.25) is 4.79 Å². The van der Waals surface area contributed by atoms with Gasteiger partial charge in [-0.25, -0.2) is 4.98 Å². The Morgan fingerprint density at radius 1 is 1.12 bits per heavy atom. The minimum Gasteiger partial charge on any atom is -0.493 e. The van der Waals surface area contributed by atoms with Gasteiger partial charge in [-0.2, -0.15) is 0 Å². The molecule has 4 rings (SSSR count). The zero-order valence-corrected chi connectivity index (χ0v) is 20.1. The molecule has 1 aliphatic carbocycles. The molecular formula is C27H38N2O4. The Balaban J connectivity index is 1.31. The van der Waals surface area contributed by atoms with Gasteiger partial charge < -0.3 is 19.5 Å². The van der Waals surface area contributed by atoms with E-state index in [9.17, 15) is 4.79 Å². The molecule has 1 amide bonds. The molecule has 6 nitrogen and oxygen atoms in total. The fraction of sp³-hybridized carbons (Fsp3) is 0.630. The third-order valence-electron chi connectivity index (χ3n) is 6.99. The summed E-state index contributed by atoms with van der Waals surface area (Å²) >= 11 is 0. The summed E-state index contributed by atoms with van der Waals surface area (Å²) in [7, 11) is 0. The Hall–Kier alpha value is -2.18. The number of carbonyl (C=O) groups is 1. The summed E-state index contributed by atoms with van der Waals surface area (Å²) in [6.07, 6.45) is 7.89. The van der Waals surface area contributed by atoms with Gasteiger partial charge in [0.15, 0.2) is 0 Å². The number of fused-ring (bicyclic) bond motifs is 1. The van der Waals surface area contributed by atoms with Crippen molar-refractivity contribution in [1.82, 2.24) is 10.3 Å². The molecule has 180 valence electrons. The van der Waals surface area contributed by atoms with Gasteiger partial charge in [0.05, 0.1) is 30.5 Å². The van der Waals surface area contributed by atoms with Crippen molar-refractivity contribution in [1.29, 1.82) is 0 Å². The van der Waals surface area contributed by atoms with Gasteiger partial charge in [0.1, 0.15) is 5.75 Å². The summed E-state index contributed by atoms with van der Waals surface area (Å²) in [5.74, 6) is 1.25. The van der Waals surface area contributed by atoms with Gasteiger partial charge in [-0.1, -0.05) is 25.5 Å². The van der Waals surface area contributed by atoms with Crippen LogP contribution in [-0.2, 0) is 20.9 Å². The van der Waals surface area contributed by atoms with E-state index in [0.29, 0.717) is 19.8 Å². The summed E-state index contributed by atoms with van der Waals surface area (Å²) in [5, 5.41) is 4.33. The first-order valence-electron chi connectivity index (χ1n) is 12.7. The van der Waals surface area contributed by atoms with Crippen LogP contribution in [0.15, 0.2) is 24.3 Å². The molecule has 2 fully saturated rings. The van der Waals surface area contributed by atoms with Gasteiger partial charge in [0.2, 0.25) is 5.91 Å². The fourth-order valence-electron chi connectivity index (χ4n) is 4.82. The van der Waals surface area contributed by atoms with Crippen molar-refractivity contribution in [3.05, 3.63) is 35.5 Å². The number of nitrogens with one attached hydrogen (secondary N) is 1. The van der Waals surface area contributed by atoms with Crippen molar-refractivity contribution < 1.29 is 19.0 Å². The fourth-order valence-corrected chi connectivity index (χ4v) is 4.82. The number of amides is 1. The molecule has 0 spiro atoms. The molecule has 0 atom stereocenters. The lowest BCUT2D eigenvalue weighted by molar-refractivity contribution is -0.129. The quantitative estimate of drug-likeness (QED) is 0.534. The normalized spacial score (nSPS) is 21.8. The van der Waals surface area contributed by atoms with Crippen molar-refractivity contribution in [2.75, 3.05) is 19.8 Å².